The van der Waals surface area contributed by atoms with Crippen LogP contribution < -0.4 is 5.32 Å². The van der Waals surface area contributed by atoms with Gasteiger partial charge in [0.2, 0.25) is 5.91 Å². The highest BCUT2D eigenvalue weighted by atomic mass is 35.5. The zero-order valence-corrected chi connectivity index (χ0v) is 20.5. The lowest BCUT2D eigenvalue weighted by molar-refractivity contribution is -0.137. The lowest BCUT2D eigenvalue weighted by Gasteiger charge is -2.19. The second-order valence-electron chi connectivity index (χ2n) is 7.97. The third-order valence-corrected chi connectivity index (χ3v) is 6.91. The van der Waals surface area contributed by atoms with Gasteiger partial charge in [0, 0.05) is 22.7 Å². The van der Waals surface area contributed by atoms with Crippen LogP contribution in [0.3, 0.4) is 0 Å². The normalized spacial score (nSPS) is 12.6. The van der Waals surface area contributed by atoms with Crippen molar-refractivity contribution in [1.82, 2.24) is 14.5 Å². The minimum Gasteiger partial charge on any atom is -0.324 e. The molecule has 0 aliphatic heterocycles. The van der Waals surface area contributed by atoms with E-state index in [-0.39, 0.29) is 11.7 Å². The molecule has 2 aromatic carbocycles. The van der Waals surface area contributed by atoms with Gasteiger partial charge in [-0.05, 0) is 54.8 Å². The monoisotopic (exact) mass is 518 g/mol. The van der Waals surface area contributed by atoms with Crippen molar-refractivity contribution < 1.29 is 18.0 Å². The summed E-state index contributed by atoms with van der Waals surface area (Å²) in [6, 6.07) is 13.4. The van der Waals surface area contributed by atoms with Gasteiger partial charge < -0.3 is 5.32 Å². The molecule has 2 heterocycles. The summed E-state index contributed by atoms with van der Waals surface area (Å²) in [5.74, 6) is -0.0166. The Hall–Kier alpha value is -3.04. The highest BCUT2D eigenvalue weighted by molar-refractivity contribution is 7.98. The molecule has 0 radical (unpaired) electrons. The van der Waals surface area contributed by atoms with Crippen LogP contribution in [0.5, 0.6) is 0 Å². The van der Waals surface area contributed by atoms with E-state index in [1.807, 2.05) is 19.9 Å². The Morgan fingerprint density at radius 2 is 1.97 bits per heavy atom. The molecule has 1 amide bonds. The lowest BCUT2D eigenvalue weighted by atomic mass is 10.1. The summed E-state index contributed by atoms with van der Waals surface area (Å²) in [4.78, 5) is 22.3. The van der Waals surface area contributed by atoms with Gasteiger partial charge >= 0.3 is 6.18 Å². The summed E-state index contributed by atoms with van der Waals surface area (Å²) in [6.07, 6.45) is -2.35. The van der Waals surface area contributed by atoms with Crippen LogP contribution in [0.4, 0.5) is 18.9 Å². The molecule has 0 unspecified atom stereocenters. The fourth-order valence-corrected chi connectivity index (χ4v) is 4.83. The first-order chi connectivity index (χ1) is 16.7. The van der Waals surface area contributed by atoms with Crippen LogP contribution in [0.25, 0.3) is 11.2 Å². The first kappa shape index (κ1) is 25.1. The van der Waals surface area contributed by atoms with Crippen LogP contribution in [-0.4, -0.2) is 20.4 Å². The number of halogens is 4. The quantitative estimate of drug-likeness (QED) is 0.261. The van der Waals surface area contributed by atoms with Crippen molar-refractivity contribution in [2.45, 2.75) is 43.4 Å². The third kappa shape index (κ3) is 5.62. The maximum atomic E-state index is 13.3. The van der Waals surface area contributed by atoms with Gasteiger partial charge in [0.1, 0.15) is 11.6 Å². The molecule has 4 rings (SSSR count). The molecule has 2 aromatic heterocycles. The van der Waals surface area contributed by atoms with E-state index in [1.165, 1.54) is 17.8 Å². The summed E-state index contributed by atoms with van der Waals surface area (Å²) < 4.78 is 41.1. The first-order valence-corrected chi connectivity index (χ1v) is 12.2. The SMILES string of the molecule is CC[C@@H](C(=O)Nc1ccc(C)c(Cl)c1)n1c(SCc2cccc(C(F)(F)F)c2)nc2cccnc21. The molecule has 0 aliphatic rings. The maximum absolute atomic E-state index is 13.3. The number of hydrogen-bond acceptors (Lipinski definition) is 4. The van der Waals surface area contributed by atoms with Crippen molar-refractivity contribution in [3.63, 3.8) is 0 Å². The predicted octanol–water partition coefficient (Wildman–Crippen LogP) is 7.29. The summed E-state index contributed by atoms with van der Waals surface area (Å²) in [5, 5.41) is 3.95. The smallest absolute Gasteiger partial charge is 0.324 e. The van der Waals surface area contributed by atoms with E-state index in [9.17, 15) is 18.0 Å². The molecule has 4 aromatic rings. The largest absolute Gasteiger partial charge is 0.416 e. The number of amides is 1. The maximum Gasteiger partial charge on any atom is 0.416 e. The van der Waals surface area contributed by atoms with E-state index < -0.39 is 17.8 Å². The molecule has 10 heteroatoms. The van der Waals surface area contributed by atoms with Crippen molar-refractivity contribution in [2.75, 3.05) is 5.32 Å². The summed E-state index contributed by atoms with van der Waals surface area (Å²) in [5.41, 5.74) is 2.40. The zero-order valence-electron chi connectivity index (χ0n) is 18.9. The number of aryl methyl sites for hydroxylation is 1. The molecule has 182 valence electrons. The van der Waals surface area contributed by atoms with Gasteiger partial charge in [-0.25, -0.2) is 9.97 Å². The minimum absolute atomic E-state index is 0.249. The molecule has 1 N–H and O–H groups in total. The van der Waals surface area contributed by atoms with Gasteiger partial charge in [-0.2, -0.15) is 13.2 Å². The number of benzene rings is 2. The molecule has 0 aliphatic carbocycles. The van der Waals surface area contributed by atoms with Crippen LogP contribution in [-0.2, 0) is 16.7 Å². The number of anilines is 1. The second kappa shape index (κ2) is 10.3. The number of alkyl halides is 3. The Morgan fingerprint density at radius 1 is 1.17 bits per heavy atom. The molecule has 0 saturated carbocycles. The molecular formula is C25H22ClF3N4OS. The average Bonchev–Trinajstić information content (AvgIpc) is 3.18. The van der Waals surface area contributed by atoms with Crippen molar-refractivity contribution >= 4 is 46.1 Å². The number of pyridine rings is 1. The van der Waals surface area contributed by atoms with Crippen molar-refractivity contribution in [2.24, 2.45) is 0 Å². The highest BCUT2D eigenvalue weighted by Crippen LogP contribution is 2.33. The summed E-state index contributed by atoms with van der Waals surface area (Å²) in [6.45, 7) is 3.75. The van der Waals surface area contributed by atoms with Gasteiger partial charge in [-0.1, -0.05) is 54.6 Å². The van der Waals surface area contributed by atoms with E-state index in [4.69, 9.17) is 11.6 Å². The van der Waals surface area contributed by atoms with Crippen LogP contribution in [0, 0.1) is 6.92 Å². The van der Waals surface area contributed by atoms with Crippen molar-refractivity contribution in [1.29, 1.82) is 0 Å². The van der Waals surface area contributed by atoms with Gasteiger partial charge in [-0.15, -0.1) is 0 Å². The van der Waals surface area contributed by atoms with Crippen LogP contribution in [0.2, 0.25) is 5.02 Å². The Kier molecular flexibility index (Phi) is 7.37. The third-order valence-electron chi connectivity index (χ3n) is 5.48. The van der Waals surface area contributed by atoms with Gasteiger partial charge in [0.05, 0.1) is 5.56 Å². The fraction of sp³-hybridized carbons (Fsp3) is 0.240. The Balaban J connectivity index is 1.64. The standard InChI is InChI=1S/C25H22ClF3N4OS/c1-3-21(23(34)31-18-10-9-15(2)19(26)13-18)33-22-20(8-5-11-30-22)32-24(33)35-14-16-6-4-7-17(12-16)25(27,28)29/h4-13,21H,3,14H2,1-2H3,(H,31,34)/t21-/m0/s1. The molecule has 0 spiro atoms. The Morgan fingerprint density at radius 3 is 2.69 bits per heavy atom. The number of nitrogens with zero attached hydrogens (tertiary/aromatic N) is 3. The molecule has 1 atom stereocenters. The van der Waals surface area contributed by atoms with E-state index in [1.54, 1.807) is 41.1 Å². The number of carbonyl (C=O) groups excluding carboxylic acids is 1. The van der Waals surface area contributed by atoms with Crippen LogP contribution in [0.15, 0.2) is 66.0 Å². The van der Waals surface area contributed by atoms with E-state index in [2.05, 4.69) is 15.3 Å². The Bertz CT molecular complexity index is 1370. The van der Waals surface area contributed by atoms with Crippen LogP contribution in [0.1, 0.15) is 36.1 Å². The van der Waals surface area contributed by atoms with E-state index >= 15 is 0 Å². The molecule has 0 saturated heterocycles. The highest BCUT2D eigenvalue weighted by Gasteiger charge is 2.30. The molecule has 5 nitrogen and oxygen atoms in total. The number of carbonyl (C=O) groups is 1. The Labute approximate surface area is 209 Å². The predicted molar refractivity (Wildman–Crippen MR) is 133 cm³/mol. The number of thioether (sulfide) groups is 1. The number of hydrogen-bond donors (Lipinski definition) is 1. The second-order valence-corrected chi connectivity index (χ2v) is 9.32. The molecule has 0 fully saturated rings. The van der Waals surface area contributed by atoms with Crippen molar-refractivity contribution in [3.8, 4) is 0 Å². The number of imidazole rings is 1. The van der Waals surface area contributed by atoms with E-state index in [0.717, 1.165) is 17.7 Å². The van der Waals surface area contributed by atoms with E-state index in [0.29, 0.717) is 39.0 Å². The lowest BCUT2D eigenvalue weighted by Crippen LogP contribution is -2.26. The summed E-state index contributed by atoms with van der Waals surface area (Å²) >= 11 is 7.46. The zero-order chi connectivity index (χ0) is 25.2. The summed E-state index contributed by atoms with van der Waals surface area (Å²) in [7, 11) is 0. The molecular weight excluding hydrogens is 497 g/mol. The van der Waals surface area contributed by atoms with Gasteiger partial charge in [0.15, 0.2) is 10.8 Å². The van der Waals surface area contributed by atoms with Crippen LogP contribution >= 0.6 is 23.4 Å². The first-order valence-electron chi connectivity index (χ1n) is 10.9. The number of nitrogens with one attached hydrogen (secondary N) is 1. The molecule has 0 bridgehead atoms. The van der Waals surface area contributed by atoms with Gasteiger partial charge in [-0.3, -0.25) is 9.36 Å². The van der Waals surface area contributed by atoms with Crippen molar-refractivity contribution in [3.05, 3.63) is 82.5 Å². The minimum atomic E-state index is -4.41. The number of fused-ring (bicyclic) bond motifs is 1. The fourth-order valence-electron chi connectivity index (χ4n) is 3.66. The van der Waals surface area contributed by atoms with Gasteiger partial charge in [0.25, 0.3) is 0 Å². The molecule has 35 heavy (non-hydrogen) atoms. The average molecular weight is 519 g/mol. The number of rotatable bonds is 7. The number of aromatic nitrogens is 3. The topological polar surface area (TPSA) is 59.8 Å².